The van der Waals surface area contributed by atoms with Crippen molar-refractivity contribution in [2.45, 2.75) is 26.4 Å². The SMILES string of the molecule is Cc1nc(CN2CCOC[C@@H]2c2[nH]ncc2C)cs1. The number of aromatic nitrogens is 3. The summed E-state index contributed by atoms with van der Waals surface area (Å²) in [6, 6.07) is 0.248. The van der Waals surface area contributed by atoms with Crippen LogP contribution in [0.5, 0.6) is 0 Å². The van der Waals surface area contributed by atoms with Crippen LogP contribution in [0.15, 0.2) is 11.6 Å². The fourth-order valence-electron chi connectivity index (χ4n) is 2.48. The molecule has 0 amide bonds. The first-order chi connectivity index (χ1) is 9.24. The van der Waals surface area contributed by atoms with Gasteiger partial charge in [0.15, 0.2) is 0 Å². The van der Waals surface area contributed by atoms with E-state index < -0.39 is 0 Å². The van der Waals surface area contributed by atoms with Gasteiger partial charge in [0.25, 0.3) is 0 Å². The third kappa shape index (κ3) is 2.70. The second-order valence-corrected chi connectivity index (χ2v) is 5.95. The van der Waals surface area contributed by atoms with Gasteiger partial charge in [0.2, 0.25) is 0 Å². The van der Waals surface area contributed by atoms with Crippen LogP contribution in [-0.4, -0.2) is 39.8 Å². The molecule has 5 nitrogen and oxygen atoms in total. The highest BCUT2D eigenvalue weighted by Crippen LogP contribution is 2.26. The molecule has 1 saturated heterocycles. The van der Waals surface area contributed by atoms with Crippen LogP contribution >= 0.6 is 11.3 Å². The van der Waals surface area contributed by atoms with Crippen molar-refractivity contribution in [3.05, 3.63) is 33.5 Å². The van der Waals surface area contributed by atoms with E-state index in [0.717, 1.165) is 36.1 Å². The number of nitrogens with one attached hydrogen (secondary N) is 1. The molecule has 19 heavy (non-hydrogen) atoms. The molecule has 1 aliphatic rings. The summed E-state index contributed by atoms with van der Waals surface area (Å²) in [4.78, 5) is 6.97. The van der Waals surface area contributed by atoms with Gasteiger partial charge >= 0.3 is 0 Å². The number of rotatable bonds is 3. The van der Waals surface area contributed by atoms with E-state index >= 15 is 0 Å². The van der Waals surface area contributed by atoms with Crippen LogP contribution in [0.1, 0.15) is 28.0 Å². The molecule has 1 aliphatic heterocycles. The monoisotopic (exact) mass is 278 g/mol. The molecule has 2 aromatic rings. The van der Waals surface area contributed by atoms with Crippen LogP contribution in [0.25, 0.3) is 0 Å². The van der Waals surface area contributed by atoms with E-state index in [-0.39, 0.29) is 6.04 Å². The number of hydrogen-bond donors (Lipinski definition) is 1. The number of nitrogens with zero attached hydrogens (tertiary/aromatic N) is 3. The highest BCUT2D eigenvalue weighted by molar-refractivity contribution is 7.09. The lowest BCUT2D eigenvalue weighted by atomic mass is 10.1. The molecule has 1 N–H and O–H groups in total. The number of hydrogen-bond acceptors (Lipinski definition) is 5. The zero-order chi connectivity index (χ0) is 13.2. The summed E-state index contributed by atoms with van der Waals surface area (Å²) in [5, 5.41) is 10.5. The summed E-state index contributed by atoms with van der Waals surface area (Å²) in [6.45, 7) is 7.43. The van der Waals surface area contributed by atoms with Gasteiger partial charge in [-0.15, -0.1) is 11.3 Å². The molecule has 0 radical (unpaired) electrons. The van der Waals surface area contributed by atoms with E-state index in [1.807, 2.05) is 13.1 Å². The van der Waals surface area contributed by atoms with Crippen molar-refractivity contribution in [1.82, 2.24) is 20.1 Å². The number of morpholine rings is 1. The van der Waals surface area contributed by atoms with Crippen LogP contribution in [0.2, 0.25) is 0 Å². The zero-order valence-corrected chi connectivity index (χ0v) is 12.0. The molecule has 6 heteroatoms. The number of ether oxygens (including phenoxy) is 1. The number of thiazole rings is 1. The molecule has 0 spiro atoms. The van der Waals surface area contributed by atoms with Gasteiger partial charge < -0.3 is 4.74 Å². The Morgan fingerprint density at radius 3 is 3.11 bits per heavy atom. The van der Waals surface area contributed by atoms with E-state index in [9.17, 15) is 0 Å². The number of aromatic amines is 1. The van der Waals surface area contributed by atoms with Crippen LogP contribution in [0, 0.1) is 13.8 Å². The summed E-state index contributed by atoms with van der Waals surface area (Å²) in [6.07, 6.45) is 1.87. The van der Waals surface area contributed by atoms with Gasteiger partial charge in [-0.2, -0.15) is 5.10 Å². The maximum absolute atomic E-state index is 5.63. The van der Waals surface area contributed by atoms with Crippen molar-refractivity contribution >= 4 is 11.3 Å². The molecule has 3 heterocycles. The molecular formula is C13H18N4OS. The van der Waals surface area contributed by atoms with E-state index in [4.69, 9.17) is 4.74 Å². The fourth-order valence-corrected chi connectivity index (χ4v) is 3.08. The predicted molar refractivity (Wildman–Crippen MR) is 74.1 cm³/mol. The van der Waals surface area contributed by atoms with Crippen molar-refractivity contribution < 1.29 is 4.74 Å². The van der Waals surface area contributed by atoms with Crippen LogP contribution in [-0.2, 0) is 11.3 Å². The Bertz CT molecular complexity index is 550. The van der Waals surface area contributed by atoms with Gasteiger partial charge in [-0.1, -0.05) is 0 Å². The van der Waals surface area contributed by atoms with Crippen molar-refractivity contribution in [2.75, 3.05) is 19.8 Å². The predicted octanol–water partition coefficient (Wildman–Crippen LogP) is 2.06. The Morgan fingerprint density at radius 1 is 1.53 bits per heavy atom. The minimum absolute atomic E-state index is 0.248. The Morgan fingerprint density at radius 2 is 2.42 bits per heavy atom. The van der Waals surface area contributed by atoms with Crippen molar-refractivity contribution in [3.63, 3.8) is 0 Å². The van der Waals surface area contributed by atoms with Gasteiger partial charge in [0, 0.05) is 18.5 Å². The van der Waals surface area contributed by atoms with Crippen molar-refractivity contribution in [2.24, 2.45) is 0 Å². The summed E-state index contributed by atoms with van der Waals surface area (Å²) in [7, 11) is 0. The lowest BCUT2D eigenvalue weighted by Gasteiger charge is -2.34. The lowest BCUT2D eigenvalue weighted by Crippen LogP contribution is -2.39. The second kappa shape index (κ2) is 5.40. The second-order valence-electron chi connectivity index (χ2n) is 4.89. The van der Waals surface area contributed by atoms with Gasteiger partial charge in [0.05, 0.1) is 41.8 Å². The summed E-state index contributed by atoms with van der Waals surface area (Å²) >= 11 is 1.71. The van der Waals surface area contributed by atoms with E-state index in [2.05, 4.69) is 32.4 Å². The molecule has 1 fully saturated rings. The van der Waals surface area contributed by atoms with Crippen LogP contribution in [0.4, 0.5) is 0 Å². The lowest BCUT2D eigenvalue weighted by molar-refractivity contribution is -0.0149. The first-order valence-corrected chi connectivity index (χ1v) is 7.34. The molecule has 0 aromatic carbocycles. The third-order valence-corrected chi connectivity index (χ3v) is 4.29. The Labute approximate surface area is 116 Å². The summed E-state index contributed by atoms with van der Waals surface area (Å²) in [5.41, 5.74) is 3.49. The zero-order valence-electron chi connectivity index (χ0n) is 11.2. The Kier molecular flexibility index (Phi) is 3.63. The summed E-state index contributed by atoms with van der Waals surface area (Å²) in [5.74, 6) is 0. The molecule has 1 atom stereocenters. The van der Waals surface area contributed by atoms with E-state index in [0.29, 0.717) is 6.61 Å². The minimum atomic E-state index is 0.248. The van der Waals surface area contributed by atoms with Crippen molar-refractivity contribution in [1.29, 1.82) is 0 Å². The smallest absolute Gasteiger partial charge is 0.0897 e. The minimum Gasteiger partial charge on any atom is -0.378 e. The van der Waals surface area contributed by atoms with E-state index in [1.165, 1.54) is 5.56 Å². The quantitative estimate of drug-likeness (QED) is 0.933. The number of aryl methyl sites for hydroxylation is 2. The van der Waals surface area contributed by atoms with Crippen LogP contribution < -0.4 is 0 Å². The Balaban J connectivity index is 1.79. The maximum atomic E-state index is 5.63. The third-order valence-electron chi connectivity index (χ3n) is 3.47. The molecular weight excluding hydrogens is 260 g/mol. The van der Waals surface area contributed by atoms with Crippen molar-refractivity contribution in [3.8, 4) is 0 Å². The number of H-pyrrole nitrogens is 1. The maximum Gasteiger partial charge on any atom is 0.0897 e. The molecule has 0 aliphatic carbocycles. The molecule has 0 unspecified atom stereocenters. The largest absolute Gasteiger partial charge is 0.378 e. The molecule has 0 bridgehead atoms. The first kappa shape index (κ1) is 12.8. The molecule has 102 valence electrons. The first-order valence-electron chi connectivity index (χ1n) is 6.46. The highest BCUT2D eigenvalue weighted by atomic mass is 32.1. The topological polar surface area (TPSA) is 54.0 Å². The van der Waals surface area contributed by atoms with Gasteiger partial charge in [0.1, 0.15) is 0 Å². The Hall–Kier alpha value is -1.24. The van der Waals surface area contributed by atoms with Gasteiger partial charge in [-0.25, -0.2) is 4.98 Å². The molecule has 2 aromatic heterocycles. The fraction of sp³-hybridized carbons (Fsp3) is 0.538. The standard InChI is InChI=1S/C13H18N4OS/c1-9-5-14-16-13(9)12-7-18-4-3-17(12)6-11-8-19-10(2)15-11/h5,8,12H,3-4,6-7H2,1-2H3,(H,14,16)/t12-/m1/s1. The average Bonchev–Trinajstić information content (AvgIpc) is 2.99. The summed E-state index contributed by atoms with van der Waals surface area (Å²) < 4.78 is 5.63. The van der Waals surface area contributed by atoms with Gasteiger partial charge in [-0.3, -0.25) is 10.00 Å². The van der Waals surface area contributed by atoms with E-state index in [1.54, 1.807) is 11.3 Å². The molecule has 0 saturated carbocycles. The molecule has 3 rings (SSSR count). The average molecular weight is 278 g/mol. The van der Waals surface area contributed by atoms with Crippen LogP contribution in [0.3, 0.4) is 0 Å². The highest BCUT2D eigenvalue weighted by Gasteiger charge is 2.27. The van der Waals surface area contributed by atoms with Gasteiger partial charge in [-0.05, 0) is 19.4 Å². The normalized spacial score (nSPS) is 20.8.